The van der Waals surface area contributed by atoms with Crippen LogP contribution in [0.5, 0.6) is 0 Å². The molecular weight excluding hydrogens is 439 g/mol. The summed E-state index contributed by atoms with van der Waals surface area (Å²) in [6.07, 6.45) is -3.97. The van der Waals surface area contributed by atoms with Gasteiger partial charge in [0.05, 0.1) is 15.5 Å². The molecule has 9 nitrogen and oxygen atoms in total. The lowest BCUT2D eigenvalue weighted by Crippen LogP contribution is -2.31. The van der Waals surface area contributed by atoms with Crippen LogP contribution in [-0.2, 0) is 16.3 Å². The minimum Gasteiger partial charge on any atom is -0.288 e. The van der Waals surface area contributed by atoms with E-state index in [9.17, 15) is 21.6 Å². The van der Waals surface area contributed by atoms with Crippen LogP contribution in [0.4, 0.5) is 19.0 Å². The highest BCUT2D eigenvalue weighted by Crippen LogP contribution is 2.33. The Hall–Kier alpha value is -2.74. The van der Waals surface area contributed by atoms with Crippen LogP contribution in [0.3, 0.4) is 0 Å². The Morgan fingerprint density at radius 2 is 1.86 bits per heavy atom. The molecule has 1 aromatic carbocycles. The Morgan fingerprint density at radius 3 is 2.28 bits per heavy atom. The lowest BCUT2D eigenvalue weighted by Gasteiger charge is -2.07. The number of aryl methyl sites for hydroxylation is 1. The van der Waals surface area contributed by atoms with Crippen LogP contribution in [-0.4, -0.2) is 35.8 Å². The second kappa shape index (κ2) is 10.2. The summed E-state index contributed by atoms with van der Waals surface area (Å²) in [6, 6.07) is 6.66. The molecule has 29 heavy (non-hydrogen) atoms. The van der Waals surface area contributed by atoms with Crippen molar-refractivity contribution >= 4 is 40.2 Å². The predicted octanol–water partition coefficient (Wildman–Crippen LogP) is 3.17. The molecule has 0 saturated heterocycles. The molecule has 0 bridgehead atoms. The van der Waals surface area contributed by atoms with Crippen molar-refractivity contribution in [1.82, 2.24) is 15.9 Å². The Kier molecular flexibility index (Phi) is 8.51. The number of aromatic nitrogens is 1. The van der Waals surface area contributed by atoms with Gasteiger partial charge in [0, 0.05) is 12.9 Å². The Bertz CT molecular complexity index is 982. The predicted molar refractivity (Wildman–Crippen MR) is 99.9 cm³/mol. The van der Waals surface area contributed by atoms with Gasteiger partial charge in [-0.25, -0.2) is 15.9 Å². The lowest BCUT2D eigenvalue weighted by atomic mass is 10.2. The minimum atomic E-state index is -4.54. The van der Waals surface area contributed by atoms with Gasteiger partial charge in [-0.3, -0.25) is 9.76 Å². The maximum Gasteiger partial charge on any atom is 0.417 e. The van der Waals surface area contributed by atoms with Crippen molar-refractivity contribution in [3.8, 4) is 0 Å². The van der Waals surface area contributed by atoms with Gasteiger partial charge in [0.2, 0.25) is 5.96 Å². The van der Waals surface area contributed by atoms with Crippen molar-refractivity contribution in [2.45, 2.75) is 18.0 Å². The molecule has 0 fully saturated rings. The summed E-state index contributed by atoms with van der Waals surface area (Å²) in [7, 11) is -4.02. The van der Waals surface area contributed by atoms with Gasteiger partial charge in [-0.15, -0.1) is 0 Å². The normalized spacial score (nSPS) is 11.9. The third-order valence-electron chi connectivity index (χ3n) is 2.98. The van der Waals surface area contributed by atoms with E-state index in [-0.39, 0.29) is 21.7 Å². The summed E-state index contributed by atoms with van der Waals surface area (Å²) in [5, 5.41) is 11.5. The molecule has 0 atom stereocenters. The Morgan fingerprint density at radius 1 is 1.28 bits per heavy atom. The van der Waals surface area contributed by atoms with E-state index < -0.39 is 21.9 Å². The number of nitrogens with one attached hydrogen (secondary N) is 2. The fraction of sp³-hybridized carbons (Fsp3) is 0.133. The molecule has 0 spiro atoms. The number of rotatable bonds is 3. The average Bonchev–Trinajstić information content (AvgIpc) is 2.62. The molecule has 0 aliphatic rings. The van der Waals surface area contributed by atoms with Crippen LogP contribution in [0.1, 0.15) is 11.1 Å². The average molecular weight is 454 g/mol. The molecule has 0 amide bonds. The lowest BCUT2D eigenvalue weighted by molar-refractivity contribution is -0.137. The molecule has 4 N–H and O–H groups in total. The molecule has 0 radical (unpaired) electrons. The summed E-state index contributed by atoms with van der Waals surface area (Å²) in [5.41, 5.74) is 3.70. The number of hydrazone groups is 1. The number of nitrogens with zero attached hydrogens (tertiary/aromatic N) is 3. The summed E-state index contributed by atoms with van der Waals surface area (Å²) in [5.74, 6) is -0.517. The SMILES string of the molecule is C=NNC(=Nc1ncc(C(F)(F)F)cc1Cl)NO.Cc1ccc(S(=O)(=O)O)cc1. The molecule has 1 heterocycles. The second-order valence-electron chi connectivity index (χ2n) is 5.16. The Labute approximate surface area is 168 Å². The standard InChI is InChI=1S/C8H7ClF3N5O.C7H8O3S/c1-13-16-7(17-18)15-6-5(9)2-4(3-14-6)8(10,11)12;1-6-2-4-7(5-3-6)11(8,9)10/h2-3,18H,1H2,(H2,14,15,16,17);2-5H,1H3,(H,8,9,10). The fourth-order valence-corrected chi connectivity index (χ4v) is 2.32. The highest BCUT2D eigenvalue weighted by Gasteiger charge is 2.31. The largest absolute Gasteiger partial charge is 0.417 e. The molecule has 0 unspecified atom stereocenters. The highest BCUT2D eigenvalue weighted by atomic mass is 35.5. The van der Waals surface area contributed by atoms with Crippen LogP contribution < -0.4 is 10.9 Å². The van der Waals surface area contributed by atoms with Gasteiger partial charge < -0.3 is 0 Å². The molecule has 158 valence electrons. The number of guanidine groups is 1. The van der Waals surface area contributed by atoms with Crippen LogP contribution in [0.15, 0.2) is 51.5 Å². The first kappa shape index (κ1) is 24.3. The Balaban J connectivity index is 0.000000326. The van der Waals surface area contributed by atoms with Gasteiger partial charge in [-0.2, -0.15) is 31.7 Å². The zero-order chi connectivity index (χ0) is 22.2. The van der Waals surface area contributed by atoms with E-state index in [0.717, 1.165) is 5.56 Å². The highest BCUT2D eigenvalue weighted by molar-refractivity contribution is 7.85. The summed E-state index contributed by atoms with van der Waals surface area (Å²) >= 11 is 5.58. The summed E-state index contributed by atoms with van der Waals surface area (Å²) in [6.45, 7) is 4.90. The summed E-state index contributed by atoms with van der Waals surface area (Å²) in [4.78, 5) is 6.95. The van der Waals surface area contributed by atoms with Gasteiger partial charge in [-0.05, 0) is 25.1 Å². The molecule has 2 aromatic rings. The van der Waals surface area contributed by atoms with Crippen LogP contribution >= 0.6 is 11.6 Å². The van der Waals surface area contributed by atoms with Gasteiger partial charge in [0.25, 0.3) is 10.1 Å². The van der Waals surface area contributed by atoms with E-state index in [0.29, 0.717) is 12.3 Å². The number of pyridine rings is 1. The van der Waals surface area contributed by atoms with Crippen molar-refractivity contribution in [3.63, 3.8) is 0 Å². The van der Waals surface area contributed by atoms with Gasteiger partial charge >= 0.3 is 6.18 Å². The minimum absolute atomic E-state index is 0.0666. The zero-order valence-electron chi connectivity index (χ0n) is 14.6. The van der Waals surface area contributed by atoms with Crippen molar-refractivity contribution in [1.29, 1.82) is 0 Å². The van der Waals surface area contributed by atoms with Crippen LogP contribution in [0.25, 0.3) is 0 Å². The molecule has 0 aliphatic heterocycles. The van der Waals surface area contributed by atoms with E-state index in [4.69, 9.17) is 21.4 Å². The number of halogens is 4. The van der Waals surface area contributed by atoms with Crippen LogP contribution in [0, 0.1) is 6.92 Å². The monoisotopic (exact) mass is 453 g/mol. The number of hydrogen-bond donors (Lipinski definition) is 4. The van der Waals surface area contributed by atoms with Crippen LogP contribution in [0.2, 0.25) is 5.02 Å². The second-order valence-corrected chi connectivity index (χ2v) is 6.99. The molecule has 1 aromatic heterocycles. The van der Waals surface area contributed by atoms with Gasteiger partial charge in [0.1, 0.15) is 0 Å². The molecule has 2 rings (SSSR count). The van der Waals surface area contributed by atoms with E-state index in [1.807, 2.05) is 6.92 Å². The molecule has 14 heteroatoms. The van der Waals surface area contributed by atoms with Crippen molar-refractivity contribution in [3.05, 3.63) is 52.7 Å². The van der Waals surface area contributed by atoms with E-state index >= 15 is 0 Å². The van der Waals surface area contributed by atoms with Crippen molar-refractivity contribution in [2.75, 3.05) is 0 Å². The first-order valence-corrected chi connectivity index (χ1v) is 9.17. The summed E-state index contributed by atoms with van der Waals surface area (Å²) < 4.78 is 66.5. The number of hydrogen-bond acceptors (Lipinski definition) is 6. The van der Waals surface area contributed by atoms with Crippen molar-refractivity contribution in [2.24, 2.45) is 10.1 Å². The van der Waals surface area contributed by atoms with E-state index in [2.05, 4.69) is 27.2 Å². The smallest absolute Gasteiger partial charge is 0.288 e. The maximum atomic E-state index is 12.3. The third-order valence-corrected chi connectivity index (χ3v) is 4.12. The number of benzene rings is 1. The molecular formula is C15H15ClF3N5O4S. The van der Waals surface area contributed by atoms with E-state index in [1.54, 1.807) is 17.6 Å². The van der Waals surface area contributed by atoms with Gasteiger partial charge in [-0.1, -0.05) is 29.3 Å². The number of alkyl halides is 3. The topological polar surface area (TPSA) is 136 Å². The number of hydroxylamine groups is 1. The first-order valence-electron chi connectivity index (χ1n) is 7.36. The quantitative estimate of drug-likeness (QED) is 0.242. The zero-order valence-corrected chi connectivity index (χ0v) is 16.2. The molecule has 0 aliphatic carbocycles. The fourth-order valence-electron chi connectivity index (χ4n) is 1.63. The van der Waals surface area contributed by atoms with Gasteiger partial charge in [0.15, 0.2) is 5.82 Å². The molecule has 0 saturated carbocycles. The van der Waals surface area contributed by atoms with E-state index in [1.165, 1.54) is 12.1 Å². The number of aliphatic imine (C=N–C) groups is 1. The third kappa shape index (κ3) is 8.03. The van der Waals surface area contributed by atoms with Crippen molar-refractivity contribution < 1.29 is 31.3 Å². The first-order chi connectivity index (χ1) is 13.4. The maximum absolute atomic E-state index is 12.3.